The zero-order valence-corrected chi connectivity index (χ0v) is 44.3. The largest absolute Gasteiger partial charge is 0.462 e. The molecule has 388 valence electrons. The minimum Gasteiger partial charge on any atom is -0.462 e. The number of unbranched alkanes of at least 4 members (excludes halogenated alkanes) is 28. The van der Waals surface area contributed by atoms with Crippen molar-refractivity contribution in [3.63, 3.8) is 0 Å². The number of carbonyl (C=O) groups excluding carboxylic acids is 2. The molecule has 0 heterocycles. The molecule has 0 aromatic heterocycles. The Kier molecular flexibility index (Phi) is 51.2. The summed E-state index contributed by atoms with van der Waals surface area (Å²) >= 11 is 0. The molecule has 0 aromatic rings. The van der Waals surface area contributed by atoms with E-state index in [0.717, 1.165) is 90.4 Å². The van der Waals surface area contributed by atoms with Crippen LogP contribution >= 0.6 is 0 Å². The predicted molar refractivity (Wildman–Crippen MR) is 281 cm³/mol. The van der Waals surface area contributed by atoms with Crippen LogP contribution in [0, 0.1) is 0 Å². The van der Waals surface area contributed by atoms with Gasteiger partial charge in [0.1, 0.15) is 6.10 Å². The van der Waals surface area contributed by atoms with Crippen molar-refractivity contribution in [3.8, 4) is 0 Å². The molecular formula is C57H115N3O5. The molecule has 3 N–H and O–H groups in total. The van der Waals surface area contributed by atoms with Gasteiger partial charge in [0, 0.05) is 32.0 Å². The Morgan fingerprint density at radius 1 is 0.385 bits per heavy atom. The zero-order valence-electron chi connectivity index (χ0n) is 44.3. The number of aliphatic hydroxyl groups excluding tert-OH is 2. The molecule has 0 radical (unpaired) electrons. The molecule has 0 rings (SSSR count). The predicted octanol–water partition coefficient (Wildman–Crippen LogP) is 15.0. The first-order chi connectivity index (χ1) is 31.9. The molecule has 0 aromatic carbocycles. The first-order valence-electron chi connectivity index (χ1n) is 29.1. The van der Waals surface area contributed by atoms with E-state index in [1.807, 2.05) is 0 Å². The highest BCUT2D eigenvalue weighted by atomic mass is 16.5. The number of hydrogen-bond donors (Lipinski definition) is 3. The van der Waals surface area contributed by atoms with Crippen molar-refractivity contribution < 1.29 is 24.5 Å². The summed E-state index contributed by atoms with van der Waals surface area (Å²) in [7, 11) is 0. The van der Waals surface area contributed by atoms with E-state index in [-0.39, 0.29) is 31.2 Å². The molecule has 0 spiro atoms. The van der Waals surface area contributed by atoms with Gasteiger partial charge in [0.05, 0.1) is 13.2 Å². The number of carbonyl (C=O) groups is 2. The molecule has 65 heavy (non-hydrogen) atoms. The highest BCUT2D eigenvalue weighted by Gasteiger charge is 2.15. The molecule has 0 aliphatic rings. The fraction of sp³-hybridized carbons (Fsp3) is 0.965. The van der Waals surface area contributed by atoms with E-state index in [4.69, 9.17) is 4.74 Å². The first kappa shape index (κ1) is 63.8. The molecule has 0 saturated carbocycles. The van der Waals surface area contributed by atoms with E-state index < -0.39 is 0 Å². The molecule has 8 nitrogen and oxygen atoms in total. The fourth-order valence-electron chi connectivity index (χ4n) is 9.50. The number of nitrogens with one attached hydrogen (secondary N) is 1. The summed E-state index contributed by atoms with van der Waals surface area (Å²) < 4.78 is 6.09. The summed E-state index contributed by atoms with van der Waals surface area (Å²) in [5.41, 5.74) is 0. The van der Waals surface area contributed by atoms with Crippen LogP contribution in [0.15, 0.2) is 0 Å². The van der Waals surface area contributed by atoms with Crippen LogP contribution in [0.2, 0.25) is 0 Å². The average Bonchev–Trinajstić information content (AvgIpc) is 3.29. The van der Waals surface area contributed by atoms with Crippen LogP contribution < -0.4 is 5.32 Å². The summed E-state index contributed by atoms with van der Waals surface area (Å²) in [6.07, 6.45) is 48.9. The van der Waals surface area contributed by atoms with Gasteiger partial charge in [0.15, 0.2) is 0 Å². The summed E-state index contributed by atoms with van der Waals surface area (Å²) in [5, 5.41) is 22.4. The molecule has 0 unspecified atom stereocenters. The summed E-state index contributed by atoms with van der Waals surface area (Å²) in [5.74, 6) is 0.282. The number of ether oxygens (including phenoxy) is 1. The smallest absolute Gasteiger partial charge is 0.306 e. The second-order valence-corrected chi connectivity index (χ2v) is 20.1. The normalized spacial score (nSPS) is 11.8. The monoisotopic (exact) mass is 922 g/mol. The number of rotatable bonds is 54. The Bertz CT molecular complexity index is 867. The van der Waals surface area contributed by atoms with E-state index in [1.54, 1.807) is 0 Å². The van der Waals surface area contributed by atoms with Gasteiger partial charge in [0.2, 0.25) is 5.91 Å². The molecular weight excluding hydrogens is 807 g/mol. The van der Waals surface area contributed by atoms with Crippen molar-refractivity contribution in [2.24, 2.45) is 0 Å². The third kappa shape index (κ3) is 46.3. The average molecular weight is 923 g/mol. The highest BCUT2D eigenvalue weighted by molar-refractivity contribution is 5.76. The van der Waals surface area contributed by atoms with E-state index in [1.165, 1.54) is 186 Å². The highest BCUT2D eigenvalue weighted by Crippen LogP contribution is 2.19. The lowest BCUT2D eigenvalue weighted by atomic mass is 9.99. The Hall–Kier alpha value is -1.22. The van der Waals surface area contributed by atoms with Gasteiger partial charge in [-0.2, -0.15) is 0 Å². The van der Waals surface area contributed by atoms with Crippen molar-refractivity contribution in [2.75, 3.05) is 52.5 Å². The Balaban J connectivity index is 4.69. The number of esters is 1. The maximum Gasteiger partial charge on any atom is 0.306 e. The fourth-order valence-corrected chi connectivity index (χ4v) is 9.50. The quantitative estimate of drug-likeness (QED) is 0.0412. The van der Waals surface area contributed by atoms with Gasteiger partial charge in [-0.3, -0.25) is 14.5 Å². The maximum atomic E-state index is 13.0. The zero-order chi connectivity index (χ0) is 47.5. The van der Waals surface area contributed by atoms with Crippen LogP contribution in [0.3, 0.4) is 0 Å². The Morgan fingerprint density at radius 3 is 1.12 bits per heavy atom. The molecule has 8 heteroatoms. The van der Waals surface area contributed by atoms with Crippen molar-refractivity contribution in [2.45, 2.75) is 303 Å². The van der Waals surface area contributed by atoms with Crippen molar-refractivity contribution in [3.05, 3.63) is 0 Å². The van der Waals surface area contributed by atoms with Gasteiger partial charge < -0.3 is 25.2 Å². The SMILES string of the molecule is CCCCCCCCC(CCCCCCCC)NC(=O)CCCCCCCN(CCCCCCCC(=O)OC(CCCCCCCC)CCCCCCCC)CCCN(CCO)CCO. The summed E-state index contributed by atoms with van der Waals surface area (Å²) in [6, 6.07) is 0.353. The van der Waals surface area contributed by atoms with E-state index in [0.29, 0.717) is 32.0 Å². The van der Waals surface area contributed by atoms with Crippen LogP contribution in [-0.4, -0.2) is 96.5 Å². The minimum atomic E-state index is 0.0177. The van der Waals surface area contributed by atoms with Crippen molar-refractivity contribution in [1.82, 2.24) is 15.1 Å². The topological polar surface area (TPSA) is 102 Å². The molecule has 0 aliphatic heterocycles. The Morgan fingerprint density at radius 2 is 0.708 bits per heavy atom. The third-order valence-electron chi connectivity index (χ3n) is 13.7. The standard InChI is InChI=1S/C57H115N3O5/c1-5-9-13-17-23-31-40-54(41-32-24-18-14-10-6-2)58-56(63)44-35-27-21-29-37-46-59(48-39-49-60(50-52-61)51-53-62)47-38-30-22-28-36-45-57(64)65-55(42-33-25-19-15-11-7-3)43-34-26-20-16-12-8-4/h54-55,61-62H,5-53H2,1-4H3,(H,58,63). The summed E-state index contributed by atoms with van der Waals surface area (Å²) in [6.45, 7) is 14.7. The van der Waals surface area contributed by atoms with Gasteiger partial charge >= 0.3 is 5.97 Å². The second-order valence-electron chi connectivity index (χ2n) is 20.1. The van der Waals surface area contributed by atoms with Crippen LogP contribution in [0.25, 0.3) is 0 Å². The third-order valence-corrected chi connectivity index (χ3v) is 13.7. The van der Waals surface area contributed by atoms with Crippen LogP contribution in [-0.2, 0) is 14.3 Å². The lowest BCUT2D eigenvalue weighted by Crippen LogP contribution is -2.34. The van der Waals surface area contributed by atoms with E-state index >= 15 is 0 Å². The minimum absolute atomic E-state index is 0.0177. The van der Waals surface area contributed by atoms with Crippen LogP contribution in [0.5, 0.6) is 0 Å². The number of aliphatic hydroxyl groups is 2. The van der Waals surface area contributed by atoms with Gasteiger partial charge in [-0.15, -0.1) is 0 Å². The van der Waals surface area contributed by atoms with Crippen molar-refractivity contribution in [1.29, 1.82) is 0 Å². The molecule has 0 aliphatic carbocycles. The number of nitrogens with zero attached hydrogens (tertiary/aromatic N) is 2. The van der Waals surface area contributed by atoms with Gasteiger partial charge in [-0.05, 0) is 96.8 Å². The number of amides is 1. The first-order valence-corrected chi connectivity index (χ1v) is 29.1. The molecule has 0 atom stereocenters. The van der Waals surface area contributed by atoms with Crippen LogP contribution in [0.1, 0.15) is 291 Å². The molecule has 0 saturated heterocycles. The number of hydrogen-bond acceptors (Lipinski definition) is 7. The maximum absolute atomic E-state index is 13.0. The van der Waals surface area contributed by atoms with Gasteiger partial charge in [-0.25, -0.2) is 0 Å². The van der Waals surface area contributed by atoms with E-state index in [9.17, 15) is 19.8 Å². The van der Waals surface area contributed by atoms with Gasteiger partial charge in [0.25, 0.3) is 0 Å². The molecule has 0 bridgehead atoms. The van der Waals surface area contributed by atoms with Gasteiger partial charge in [-0.1, -0.05) is 207 Å². The van der Waals surface area contributed by atoms with Crippen molar-refractivity contribution >= 4 is 11.9 Å². The lowest BCUT2D eigenvalue weighted by Gasteiger charge is -2.25. The Labute approximate surface area is 405 Å². The second kappa shape index (κ2) is 52.2. The van der Waals surface area contributed by atoms with Crippen LogP contribution in [0.4, 0.5) is 0 Å². The summed E-state index contributed by atoms with van der Waals surface area (Å²) in [4.78, 5) is 30.7. The molecule has 1 amide bonds. The lowest BCUT2D eigenvalue weighted by molar-refractivity contribution is -0.150. The van der Waals surface area contributed by atoms with E-state index in [2.05, 4.69) is 42.8 Å². The molecule has 0 fully saturated rings.